The zero-order valence-electron chi connectivity index (χ0n) is 9.95. The van der Waals surface area contributed by atoms with Crippen LogP contribution in [0.25, 0.3) is 0 Å². The van der Waals surface area contributed by atoms with Crippen LogP contribution in [0.1, 0.15) is 19.3 Å². The van der Waals surface area contributed by atoms with Crippen molar-refractivity contribution in [2.24, 2.45) is 11.0 Å². The maximum Gasteiger partial charge on any atom is 0.271 e. The van der Waals surface area contributed by atoms with Crippen LogP contribution >= 0.6 is 0 Å². The minimum atomic E-state index is -0.416. The zero-order chi connectivity index (χ0) is 12.8. The number of anilines is 1. The molecule has 1 aliphatic rings. The summed E-state index contributed by atoms with van der Waals surface area (Å²) in [6.07, 6.45) is 9.43. The van der Waals surface area contributed by atoms with Gasteiger partial charge in [0, 0.05) is 18.3 Å². The summed E-state index contributed by atoms with van der Waals surface area (Å²) in [5.41, 5.74) is 3.52. The first-order valence-electron chi connectivity index (χ1n) is 5.94. The van der Waals surface area contributed by atoms with Crippen LogP contribution in [0.3, 0.4) is 0 Å². The van der Waals surface area contributed by atoms with Gasteiger partial charge < -0.3 is 0 Å². The van der Waals surface area contributed by atoms with Gasteiger partial charge in [-0.15, -0.1) is 0 Å². The van der Waals surface area contributed by atoms with E-state index >= 15 is 0 Å². The summed E-state index contributed by atoms with van der Waals surface area (Å²) in [6, 6.07) is 6.32. The Balaban J connectivity index is 1.93. The van der Waals surface area contributed by atoms with E-state index in [-0.39, 0.29) is 5.69 Å². The van der Waals surface area contributed by atoms with Crippen LogP contribution in [0.5, 0.6) is 0 Å². The fourth-order valence-corrected chi connectivity index (χ4v) is 1.86. The predicted octanol–water partition coefficient (Wildman–Crippen LogP) is 3.35. The van der Waals surface area contributed by atoms with Crippen LogP contribution < -0.4 is 5.43 Å². The molecular weight excluding hydrogens is 230 g/mol. The number of nitrogens with one attached hydrogen (secondary N) is 1. The fraction of sp³-hybridized carbons (Fsp3) is 0.308. The van der Waals surface area contributed by atoms with Crippen LogP contribution in [0.15, 0.2) is 41.5 Å². The van der Waals surface area contributed by atoms with Gasteiger partial charge in [0.2, 0.25) is 0 Å². The van der Waals surface area contributed by atoms with Crippen molar-refractivity contribution >= 4 is 17.6 Å². The van der Waals surface area contributed by atoms with E-state index in [9.17, 15) is 10.1 Å². The first-order valence-corrected chi connectivity index (χ1v) is 5.94. The molecular formula is C13H15N3O2. The van der Waals surface area contributed by atoms with Gasteiger partial charge in [-0.3, -0.25) is 15.5 Å². The third-order valence-electron chi connectivity index (χ3n) is 2.85. The molecule has 94 valence electrons. The molecule has 1 atom stereocenters. The zero-order valence-corrected chi connectivity index (χ0v) is 9.95. The molecule has 1 N–H and O–H groups in total. The Morgan fingerprint density at radius 1 is 1.44 bits per heavy atom. The Labute approximate surface area is 105 Å². The minimum Gasteiger partial charge on any atom is -0.279 e. The topological polar surface area (TPSA) is 67.5 Å². The van der Waals surface area contributed by atoms with Crippen LogP contribution in [0.2, 0.25) is 0 Å². The van der Waals surface area contributed by atoms with E-state index in [2.05, 4.69) is 22.7 Å². The van der Waals surface area contributed by atoms with Gasteiger partial charge in [-0.25, -0.2) is 0 Å². The number of nitrogens with zero attached hydrogens (tertiary/aromatic N) is 2. The molecule has 1 aromatic carbocycles. The minimum absolute atomic E-state index is 0.0656. The van der Waals surface area contributed by atoms with Crippen molar-refractivity contribution in [2.45, 2.75) is 19.3 Å². The summed E-state index contributed by atoms with van der Waals surface area (Å²) in [4.78, 5) is 10.2. The number of hydrogen-bond donors (Lipinski definition) is 1. The molecule has 0 aliphatic heterocycles. The largest absolute Gasteiger partial charge is 0.279 e. The number of nitro groups is 1. The van der Waals surface area contributed by atoms with Gasteiger partial charge in [-0.05, 0) is 31.2 Å². The molecule has 0 spiro atoms. The molecule has 0 amide bonds. The van der Waals surface area contributed by atoms with Gasteiger partial charge >= 0.3 is 0 Å². The van der Waals surface area contributed by atoms with Crippen LogP contribution in [0, 0.1) is 16.0 Å². The molecule has 5 heteroatoms. The quantitative estimate of drug-likeness (QED) is 0.383. The summed E-state index contributed by atoms with van der Waals surface area (Å²) in [5.74, 6) is 0.459. The highest BCUT2D eigenvalue weighted by Crippen LogP contribution is 2.18. The average Bonchev–Trinajstić information content (AvgIpc) is 2.40. The van der Waals surface area contributed by atoms with Gasteiger partial charge in [-0.2, -0.15) is 5.10 Å². The van der Waals surface area contributed by atoms with E-state index in [1.54, 1.807) is 12.1 Å². The van der Waals surface area contributed by atoms with E-state index in [0.717, 1.165) is 19.3 Å². The maximum absolute atomic E-state index is 10.6. The normalized spacial score (nSPS) is 19.0. The Morgan fingerprint density at radius 2 is 2.33 bits per heavy atom. The molecule has 1 aromatic rings. The fourth-order valence-electron chi connectivity index (χ4n) is 1.86. The first kappa shape index (κ1) is 12.3. The van der Waals surface area contributed by atoms with Crippen molar-refractivity contribution in [1.82, 2.24) is 0 Å². The van der Waals surface area contributed by atoms with Crippen molar-refractivity contribution in [3.8, 4) is 0 Å². The Morgan fingerprint density at radius 3 is 3.06 bits per heavy atom. The second-order valence-electron chi connectivity index (χ2n) is 4.24. The van der Waals surface area contributed by atoms with Gasteiger partial charge in [0.1, 0.15) is 0 Å². The van der Waals surface area contributed by atoms with Gasteiger partial charge in [0.25, 0.3) is 5.69 Å². The first-order chi connectivity index (χ1) is 8.75. The lowest BCUT2D eigenvalue weighted by molar-refractivity contribution is -0.384. The second-order valence-corrected chi connectivity index (χ2v) is 4.24. The van der Waals surface area contributed by atoms with Crippen LogP contribution in [0.4, 0.5) is 11.4 Å². The summed E-state index contributed by atoms with van der Waals surface area (Å²) in [7, 11) is 0. The van der Waals surface area contributed by atoms with E-state index in [1.807, 2.05) is 6.21 Å². The molecule has 0 unspecified atom stereocenters. The number of allylic oxidation sites excluding steroid dienone is 2. The summed E-state index contributed by atoms with van der Waals surface area (Å²) < 4.78 is 0. The third kappa shape index (κ3) is 3.41. The van der Waals surface area contributed by atoms with E-state index in [0.29, 0.717) is 11.6 Å². The number of non-ortho nitro benzene ring substituents is 1. The molecule has 0 radical (unpaired) electrons. The molecule has 18 heavy (non-hydrogen) atoms. The second kappa shape index (κ2) is 5.95. The highest BCUT2D eigenvalue weighted by Gasteiger charge is 2.07. The Kier molecular flexibility index (Phi) is 4.06. The number of hydrazone groups is 1. The van der Waals surface area contributed by atoms with E-state index in [1.165, 1.54) is 12.1 Å². The Hall–Kier alpha value is -2.17. The van der Waals surface area contributed by atoms with E-state index < -0.39 is 4.92 Å². The van der Waals surface area contributed by atoms with Crippen molar-refractivity contribution in [2.75, 3.05) is 5.43 Å². The van der Waals surface area contributed by atoms with Crippen molar-refractivity contribution < 1.29 is 4.92 Å². The van der Waals surface area contributed by atoms with Crippen LogP contribution in [-0.4, -0.2) is 11.1 Å². The molecule has 0 bridgehead atoms. The molecule has 0 aromatic heterocycles. The van der Waals surface area contributed by atoms with Crippen molar-refractivity contribution in [3.63, 3.8) is 0 Å². The van der Waals surface area contributed by atoms with E-state index in [4.69, 9.17) is 0 Å². The van der Waals surface area contributed by atoms with Crippen LogP contribution in [-0.2, 0) is 0 Å². The maximum atomic E-state index is 10.6. The van der Waals surface area contributed by atoms with Gasteiger partial charge in [0.05, 0.1) is 10.6 Å². The lowest BCUT2D eigenvalue weighted by Crippen LogP contribution is -2.05. The number of hydrogen-bond acceptors (Lipinski definition) is 4. The summed E-state index contributed by atoms with van der Waals surface area (Å²) in [6.45, 7) is 0. The molecule has 0 fully saturated rings. The van der Waals surface area contributed by atoms with Crippen molar-refractivity contribution in [3.05, 3.63) is 46.5 Å². The lowest BCUT2D eigenvalue weighted by Gasteiger charge is -2.11. The highest BCUT2D eigenvalue weighted by molar-refractivity contribution is 5.63. The monoisotopic (exact) mass is 245 g/mol. The number of nitro benzene ring substituents is 1. The molecule has 0 saturated carbocycles. The standard InChI is InChI=1S/C13H15N3O2/c17-16(18)13-8-4-7-12(9-13)15-14-10-11-5-2-1-3-6-11/h1-2,4,7-11,15H,3,5-6H2/b14-10-/t11-/m0/s1. The van der Waals surface area contributed by atoms with Gasteiger partial charge in [-0.1, -0.05) is 18.2 Å². The summed E-state index contributed by atoms with van der Waals surface area (Å²) >= 11 is 0. The number of benzene rings is 1. The van der Waals surface area contributed by atoms with Crippen molar-refractivity contribution in [1.29, 1.82) is 0 Å². The molecule has 0 saturated heterocycles. The molecule has 1 aliphatic carbocycles. The van der Waals surface area contributed by atoms with Gasteiger partial charge in [0.15, 0.2) is 0 Å². The lowest BCUT2D eigenvalue weighted by atomic mass is 9.96. The smallest absolute Gasteiger partial charge is 0.271 e. The SMILES string of the molecule is O=[N+]([O-])c1cccc(N/N=C\[C@H]2CC=CCC2)c1. The predicted molar refractivity (Wildman–Crippen MR) is 71.7 cm³/mol. The highest BCUT2D eigenvalue weighted by atomic mass is 16.6. The molecule has 2 rings (SSSR count). The average molecular weight is 245 g/mol. The molecule has 0 heterocycles. The summed E-state index contributed by atoms with van der Waals surface area (Å²) in [5, 5.41) is 14.7. The third-order valence-corrected chi connectivity index (χ3v) is 2.85. The Bertz CT molecular complexity index is 483. The molecule has 5 nitrogen and oxygen atoms in total. The number of rotatable bonds is 4.